The molecule has 13 aromatic rings. The van der Waals surface area contributed by atoms with Crippen molar-refractivity contribution in [3.63, 3.8) is 0 Å². The summed E-state index contributed by atoms with van der Waals surface area (Å²) in [6, 6.07) is 71.5. The normalized spacial score (nSPS) is 12.1. The number of thiophene rings is 1. The van der Waals surface area contributed by atoms with Gasteiger partial charge in [0.1, 0.15) is 11.2 Å². The van der Waals surface area contributed by atoms with Gasteiger partial charge < -0.3 is 4.42 Å². The number of hydrogen-bond acceptors (Lipinski definition) is 2. The maximum Gasteiger partial charge on any atom is 0.144 e. The van der Waals surface area contributed by atoms with Crippen LogP contribution in [0.2, 0.25) is 0 Å². The Bertz CT molecular complexity index is 3800. The van der Waals surface area contributed by atoms with Crippen LogP contribution in [0.1, 0.15) is 0 Å². The molecule has 58 heavy (non-hydrogen) atoms. The summed E-state index contributed by atoms with van der Waals surface area (Å²) in [5.41, 5.74) is 9.40. The molecule has 0 aliphatic heterocycles. The third kappa shape index (κ3) is 4.58. The number of benzene rings is 11. The third-order valence-corrected chi connectivity index (χ3v) is 13.5. The van der Waals surface area contributed by atoms with Gasteiger partial charge in [0.15, 0.2) is 0 Å². The smallest absolute Gasteiger partial charge is 0.144 e. The van der Waals surface area contributed by atoms with Crippen molar-refractivity contribution < 1.29 is 4.42 Å². The lowest BCUT2D eigenvalue weighted by atomic mass is 9.84. The van der Waals surface area contributed by atoms with Crippen LogP contribution in [0, 0.1) is 0 Å². The van der Waals surface area contributed by atoms with Crippen LogP contribution in [-0.2, 0) is 0 Å². The first kappa shape index (κ1) is 31.9. The van der Waals surface area contributed by atoms with Crippen LogP contribution in [0.15, 0.2) is 199 Å². The van der Waals surface area contributed by atoms with E-state index >= 15 is 0 Å². The van der Waals surface area contributed by atoms with Crippen LogP contribution in [0.3, 0.4) is 0 Å². The molecule has 0 N–H and O–H groups in total. The summed E-state index contributed by atoms with van der Waals surface area (Å²) in [4.78, 5) is 0. The van der Waals surface area contributed by atoms with Crippen molar-refractivity contribution in [2.24, 2.45) is 0 Å². The van der Waals surface area contributed by atoms with Crippen LogP contribution in [-0.4, -0.2) is 0 Å². The molecule has 0 radical (unpaired) electrons. The maximum atomic E-state index is 6.70. The Balaban J connectivity index is 0.958. The van der Waals surface area contributed by atoms with E-state index in [9.17, 15) is 0 Å². The minimum Gasteiger partial charge on any atom is -0.455 e. The zero-order valence-electron chi connectivity index (χ0n) is 31.3. The standard InChI is InChI=1S/C56H32OS/c1-3-13-40-33(10-1)12-9-19-42(40)53-45-17-7-5-15-43(45)52(44-16-6-8-18-46(44)53)39-23-22-35-30-36(20-21-37(35)31-39)38-25-28-50-48(32-38)55-51(58-50)29-26-47-54-41-14-4-2-11-34(41)24-27-49(54)57-56(47)55/h1-32H. The van der Waals surface area contributed by atoms with E-state index < -0.39 is 0 Å². The molecule has 2 aromatic heterocycles. The molecule has 0 spiro atoms. The fourth-order valence-corrected chi connectivity index (χ4v) is 10.9. The molecule has 268 valence electrons. The van der Waals surface area contributed by atoms with Gasteiger partial charge in [0.2, 0.25) is 0 Å². The topological polar surface area (TPSA) is 13.1 Å². The second-order valence-electron chi connectivity index (χ2n) is 15.5. The second kappa shape index (κ2) is 12.1. The third-order valence-electron chi connectivity index (χ3n) is 12.4. The highest BCUT2D eigenvalue weighted by Gasteiger charge is 2.20. The number of rotatable bonds is 3. The van der Waals surface area contributed by atoms with Crippen LogP contribution < -0.4 is 0 Å². The molecule has 0 amide bonds. The van der Waals surface area contributed by atoms with E-state index in [1.54, 1.807) is 0 Å². The lowest BCUT2D eigenvalue weighted by Crippen LogP contribution is -1.91. The Labute approximate surface area is 337 Å². The van der Waals surface area contributed by atoms with E-state index in [1.165, 1.54) is 118 Å². The van der Waals surface area contributed by atoms with E-state index in [0.717, 1.165) is 11.2 Å². The first-order valence-electron chi connectivity index (χ1n) is 19.9. The molecule has 1 nitrogen and oxygen atoms in total. The predicted molar refractivity (Wildman–Crippen MR) is 250 cm³/mol. The van der Waals surface area contributed by atoms with Gasteiger partial charge in [-0.2, -0.15) is 0 Å². The zero-order chi connectivity index (χ0) is 37.9. The molecule has 13 rings (SSSR count). The average Bonchev–Trinajstić information content (AvgIpc) is 3.86. The molecular weight excluding hydrogens is 721 g/mol. The van der Waals surface area contributed by atoms with Crippen molar-refractivity contribution in [2.45, 2.75) is 0 Å². The van der Waals surface area contributed by atoms with E-state index in [2.05, 4.69) is 194 Å². The van der Waals surface area contributed by atoms with Gasteiger partial charge in [-0.1, -0.05) is 152 Å². The predicted octanol–water partition coefficient (Wildman–Crippen LogP) is 16.7. The first-order valence-corrected chi connectivity index (χ1v) is 20.7. The van der Waals surface area contributed by atoms with Crippen LogP contribution in [0.5, 0.6) is 0 Å². The van der Waals surface area contributed by atoms with Crippen molar-refractivity contribution >= 4 is 107 Å². The van der Waals surface area contributed by atoms with Crippen molar-refractivity contribution in [1.82, 2.24) is 0 Å². The molecule has 0 unspecified atom stereocenters. The number of fused-ring (bicyclic) bond motifs is 13. The van der Waals surface area contributed by atoms with E-state index in [0.29, 0.717) is 0 Å². The lowest BCUT2D eigenvalue weighted by molar-refractivity contribution is 0.673. The van der Waals surface area contributed by atoms with E-state index in [1.807, 2.05) is 11.3 Å². The molecule has 2 heteroatoms. The number of furan rings is 1. The van der Waals surface area contributed by atoms with E-state index in [4.69, 9.17) is 4.42 Å². The SMILES string of the molecule is c1ccc2c(-c3c4ccccc4c(-c4ccc5cc(-c6ccc7sc8ccc9c(oc%10ccc%11ccccc%11c%109)c8c7c6)ccc5c4)c4ccccc34)cccc2c1. The Hall–Kier alpha value is -7.26. The van der Waals surface area contributed by atoms with Crippen molar-refractivity contribution in [2.75, 3.05) is 0 Å². The van der Waals surface area contributed by atoms with Crippen molar-refractivity contribution in [3.8, 4) is 33.4 Å². The van der Waals surface area contributed by atoms with Crippen LogP contribution in [0.25, 0.3) is 129 Å². The Morgan fingerprint density at radius 1 is 0.310 bits per heavy atom. The molecule has 0 aliphatic rings. The Morgan fingerprint density at radius 3 is 1.62 bits per heavy atom. The molecule has 0 fully saturated rings. The highest BCUT2D eigenvalue weighted by Crippen LogP contribution is 2.47. The summed E-state index contributed by atoms with van der Waals surface area (Å²) >= 11 is 1.84. The van der Waals surface area contributed by atoms with Crippen LogP contribution in [0.4, 0.5) is 0 Å². The molecular formula is C56H32OS. The summed E-state index contributed by atoms with van der Waals surface area (Å²) in [5.74, 6) is 0. The summed E-state index contributed by atoms with van der Waals surface area (Å²) < 4.78 is 9.22. The molecule has 0 saturated heterocycles. The van der Waals surface area contributed by atoms with Gasteiger partial charge in [0, 0.05) is 30.9 Å². The van der Waals surface area contributed by atoms with Crippen LogP contribution >= 0.6 is 11.3 Å². The van der Waals surface area contributed by atoms with Gasteiger partial charge in [-0.3, -0.25) is 0 Å². The average molecular weight is 753 g/mol. The molecule has 0 aliphatic carbocycles. The quantitative estimate of drug-likeness (QED) is 0.164. The summed E-state index contributed by atoms with van der Waals surface area (Å²) in [6.07, 6.45) is 0. The lowest BCUT2D eigenvalue weighted by Gasteiger charge is -2.19. The summed E-state index contributed by atoms with van der Waals surface area (Å²) in [5, 5.41) is 17.3. The van der Waals surface area contributed by atoms with Crippen molar-refractivity contribution in [3.05, 3.63) is 194 Å². The van der Waals surface area contributed by atoms with Gasteiger partial charge in [0.05, 0.1) is 0 Å². The van der Waals surface area contributed by atoms with Gasteiger partial charge in [-0.25, -0.2) is 0 Å². The zero-order valence-corrected chi connectivity index (χ0v) is 32.1. The Morgan fingerprint density at radius 2 is 0.862 bits per heavy atom. The molecule has 0 atom stereocenters. The van der Waals surface area contributed by atoms with Gasteiger partial charge in [0.25, 0.3) is 0 Å². The minimum absolute atomic E-state index is 0.937. The highest BCUT2D eigenvalue weighted by molar-refractivity contribution is 7.26. The van der Waals surface area contributed by atoms with Gasteiger partial charge >= 0.3 is 0 Å². The maximum absolute atomic E-state index is 6.70. The summed E-state index contributed by atoms with van der Waals surface area (Å²) in [7, 11) is 0. The van der Waals surface area contributed by atoms with Gasteiger partial charge in [-0.05, 0) is 130 Å². The second-order valence-corrected chi connectivity index (χ2v) is 16.6. The fraction of sp³-hybridized carbons (Fsp3) is 0. The Kier molecular flexibility index (Phi) is 6.66. The van der Waals surface area contributed by atoms with E-state index in [-0.39, 0.29) is 0 Å². The highest BCUT2D eigenvalue weighted by atomic mass is 32.1. The van der Waals surface area contributed by atoms with Crippen molar-refractivity contribution in [1.29, 1.82) is 0 Å². The summed E-state index contributed by atoms with van der Waals surface area (Å²) in [6.45, 7) is 0. The molecule has 2 heterocycles. The molecule has 11 aromatic carbocycles. The molecule has 0 bridgehead atoms. The monoisotopic (exact) mass is 752 g/mol. The first-order chi connectivity index (χ1) is 28.7. The fourth-order valence-electron chi connectivity index (χ4n) is 9.80. The minimum atomic E-state index is 0.937. The molecule has 0 saturated carbocycles. The van der Waals surface area contributed by atoms with Gasteiger partial charge in [-0.15, -0.1) is 11.3 Å². The largest absolute Gasteiger partial charge is 0.455 e. The number of hydrogen-bond donors (Lipinski definition) is 0.